The van der Waals surface area contributed by atoms with Gasteiger partial charge in [-0.15, -0.1) is 0 Å². The summed E-state index contributed by atoms with van der Waals surface area (Å²) >= 11 is 0. The molecule has 2 aromatic heterocycles. The lowest BCUT2D eigenvalue weighted by atomic mass is 10.0. The molecule has 9 nitrogen and oxygen atoms in total. The number of anilines is 3. The number of nitrogens with one attached hydrogen (secondary N) is 2. The fraction of sp³-hybridized carbons (Fsp3) is 0.292. The molecule has 2 aliphatic heterocycles. The molecular formula is C24H24N6O3. The van der Waals surface area contributed by atoms with Crippen molar-refractivity contribution in [2.45, 2.75) is 38.3 Å². The molecule has 0 radical (unpaired) electrons. The second kappa shape index (κ2) is 8.16. The van der Waals surface area contributed by atoms with Gasteiger partial charge in [0.2, 0.25) is 0 Å². The van der Waals surface area contributed by atoms with Crippen LogP contribution >= 0.6 is 0 Å². The number of pyridine rings is 1. The Bertz CT molecular complexity index is 1200. The Labute approximate surface area is 191 Å². The van der Waals surface area contributed by atoms with E-state index in [0.717, 1.165) is 24.2 Å². The molecule has 2 N–H and O–H groups in total. The Morgan fingerprint density at radius 2 is 2.06 bits per heavy atom. The number of benzene rings is 1. The first kappa shape index (κ1) is 20.9. The summed E-state index contributed by atoms with van der Waals surface area (Å²) in [5, 5.41) is 6.00. The van der Waals surface area contributed by atoms with Gasteiger partial charge >= 0.3 is 0 Å². The summed E-state index contributed by atoms with van der Waals surface area (Å²) in [7, 11) is 0. The van der Waals surface area contributed by atoms with Crippen LogP contribution in [-0.2, 0) is 4.79 Å². The smallest absolute Gasteiger partial charge is 0.268 e. The summed E-state index contributed by atoms with van der Waals surface area (Å²) in [6, 6.07) is 8.90. The van der Waals surface area contributed by atoms with Crippen LogP contribution in [0.15, 0.2) is 55.1 Å². The lowest BCUT2D eigenvalue weighted by Gasteiger charge is -2.32. The van der Waals surface area contributed by atoms with Crippen molar-refractivity contribution < 1.29 is 14.3 Å². The van der Waals surface area contributed by atoms with E-state index in [-0.39, 0.29) is 17.9 Å². The SMILES string of the molecule is CC1(C)Oc2ccc(C(=O)N3CCCC3c3ccc(Nc4cnccn4)cn3)cc2NC1=O. The largest absolute Gasteiger partial charge is 0.476 e. The fourth-order valence-electron chi connectivity index (χ4n) is 4.11. The van der Waals surface area contributed by atoms with Crippen LogP contribution in [0.25, 0.3) is 0 Å². The van der Waals surface area contributed by atoms with Crippen LogP contribution in [0.4, 0.5) is 17.2 Å². The van der Waals surface area contributed by atoms with Crippen LogP contribution in [-0.4, -0.2) is 43.8 Å². The zero-order valence-corrected chi connectivity index (χ0v) is 18.4. The first-order valence-electron chi connectivity index (χ1n) is 10.9. The van der Waals surface area contributed by atoms with Crippen LogP contribution in [0.2, 0.25) is 0 Å². The van der Waals surface area contributed by atoms with E-state index < -0.39 is 5.60 Å². The number of likely N-dealkylation sites (tertiary alicyclic amines) is 1. The Hall–Kier alpha value is -4.01. The van der Waals surface area contributed by atoms with Crippen LogP contribution < -0.4 is 15.4 Å². The number of fused-ring (bicyclic) bond motifs is 1. The van der Waals surface area contributed by atoms with E-state index in [4.69, 9.17) is 4.74 Å². The van der Waals surface area contributed by atoms with Gasteiger partial charge in [-0.05, 0) is 57.0 Å². The van der Waals surface area contributed by atoms with Crippen LogP contribution in [0.3, 0.4) is 0 Å². The molecule has 0 saturated carbocycles. The highest BCUT2D eigenvalue weighted by Gasteiger charge is 2.36. The number of ether oxygens (including phenoxy) is 1. The Morgan fingerprint density at radius 3 is 2.82 bits per heavy atom. The number of aromatic nitrogens is 3. The van der Waals surface area contributed by atoms with E-state index in [1.807, 2.05) is 17.0 Å². The van der Waals surface area contributed by atoms with Crippen LogP contribution in [0.5, 0.6) is 5.75 Å². The third-order valence-corrected chi connectivity index (χ3v) is 5.86. The number of nitrogens with zero attached hydrogens (tertiary/aromatic N) is 4. The molecule has 2 aliphatic rings. The maximum absolute atomic E-state index is 13.4. The molecule has 5 rings (SSSR count). The van der Waals surface area contributed by atoms with Crippen molar-refractivity contribution >= 4 is 29.0 Å². The number of hydrogen-bond donors (Lipinski definition) is 2. The van der Waals surface area contributed by atoms with Gasteiger partial charge in [-0.3, -0.25) is 19.6 Å². The van der Waals surface area contributed by atoms with Crippen molar-refractivity contribution in [3.63, 3.8) is 0 Å². The van der Waals surface area contributed by atoms with Crippen molar-refractivity contribution in [1.82, 2.24) is 19.9 Å². The third-order valence-electron chi connectivity index (χ3n) is 5.86. The van der Waals surface area contributed by atoms with Gasteiger partial charge in [-0.1, -0.05) is 0 Å². The van der Waals surface area contributed by atoms with Crippen molar-refractivity contribution in [2.75, 3.05) is 17.2 Å². The quantitative estimate of drug-likeness (QED) is 0.631. The monoisotopic (exact) mass is 444 g/mol. The summed E-state index contributed by atoms with van der Waals surface area (Å²) in [5.74, 6) is 0.861. The zero-order valence-electron chi connectivity index (χ0n) is 18.4. The second-order valence-electron chi connectivity index (χ2n) is 8.62. The van der Waals surface area contributed by atoms with Gasteiger partial charge in [0.1, 0.15) is 11.6 Å². The van der Waals surface area contributed by atoms with Crippen molar-refractivity contribution in [2.24, 2.45) is 0 Å². The average molecular weight is 444 g/mol. The van der Waals surface area contributed by atoms with E-state index in [9.17, 15) is 9.59 Å². The van der Waals surface area contributed by atoms with Gasteiger partial charge in [0, 0.05) is 24.5 Å². The Balaban J connectivity index is 1.33. The molecule has 168 valence electrons. The first-order chi connectivity index (χ1) is 15.9. The standard InChI is InChI=1S/C24H24N6O3/c1-24(2)23(32)29-18-12-15(5-8-20(18)33-24)22(31)30-11-3-4-19(30)17-7-6-16(13-27-17)28-21-14-25-9-10-26-21/h5-10,12-14,19H,3-4,11H2,1-2H3,(H,26,28)(H,29,32). The predicted molar refractivity (Wildman–Crippen MR) is 122 cm³/mol. The fourth-order valence-corrected chi connectivity index (χ4v) is 4.11. The van der Waals surface area contributed by atoms with E-state index in [1.165, 1.54) is 0 Å². The van der Waals surface area contributed by atoms with E-state index in [2.05, 4.69) is 25.6 Å². The van der Waals surface area contributed by atoms with E-state index in [0.29, 0.717) is 29.4 Å². The highest BCUT2D eigenvalue weighted by Crippen LogP contribution is 2.37. The van der Waals surface area contributed by atoms with Crippen LogP contribution in [0, 0.1) is 0 Å². The molecule has 2 amide bonds. The molecule has 1 aromatic carbocycles. The minimum absolute atomic E-state index is 0.0945. The minimum atomic E-state index is -0.946. The maximum atomic E-state index is 13.4. The highest BCUT2D eigenvalue weighted by atomic mass is 16.5. The first-order valence-corrected chi connectivity index (χ1v) is 10.9. The lowest BCUT2D eigenvalue weighted by Crippen LogP contribution is -2.45. The molecule has 0 bridgehead atoms. The van der Waals surface area contributed by atoms with E-state index >= 15 is 0 Å². The number of hydrogen-bond acceptors (Lipinski definition) is 7. The second-order valence-corrected chi connectivity index (χ2v) is 8.62. The molecule has 1 saturated heterocycles. The van der Waals surface area contributed by atoms with Crippen molar-refractivity contribution in [1.29, 1.82) is 0 Å². The number of rotatable bonds is 4. The highest BCUT2D eigenvalue weighted by molar-refractivity contribution is 6.02. The maximum Gasteiger partial charge on any atom is 0.268 e. The third kappa shape index (κ3) is 4.09. The zero-order chi connectivity index (χ0) is 23.0. The summed E-state index contributed by atoms with van der Waals surface area (Å²) in [6.45, 7) is 4.07. The normalized spacial score (nSPS) is 18.8. The molecule has 1 unspecified atom stereocenters. The van der Waals surface area contributed by atoms with Gasteiger partial charge in [0.15, 0.2) is 5.60 Å². The molecule has 0 aliphatic carbocycles. The minimum Gasteiger partial charge on any atom is -0.476 e. The molecular weight excluding hydrogens is 420 g/mol. The van der Waals surface area contributed by atoms with Gasteiger partial charge in [0.05, 0.1) is 35.5 Å². The van der Waals surface area contributed by atoms with Gasteiger partial charge in [-0.25, -0.2) is 4.98 Å². The predicted octanol–water partition coefficient (Wildman–Crippen LogP) is 3.70. The van der Waals surface area contributed by atoms with Crippen molar-refractivity contribution in [3.05, 3.63) is 66.4 Å². The topological polar surface area (TPSA) is 109 Å². The Kier molecular flexibility index (Phi) is 5.16. The average Bonchev–Trinajstić information content (AvgIpc) is 3.30. The molecule has 0 spiro atoms. The van der Waals surface area contributed by atoms with Crippen LogP contribution in [0.1, 0.15) is 48.8 Å². The molecule has 1 atom stereocenters. The number of carbonyl (C=O) groups is 2. The molecule has 9 heteroatoms. The lowest BCUT2D eigenvalue weighted by molar-refractivity contribution is -0.129. The summed E-state index contributed by atoms with van der Waals surface area (Å²) in [4.78, 5) is 40.3. The Morgan fingerprint density at radius 1 is 1.18 bits per heavy atom. The van der Waals surface area contributed by atoms with Gasteiger partial charge in [-0.2, -0.15) is 0 Å². The summed E-state index contributed by atoms with van der Waals surface area (Å²) in [6.07, 6.45) is 8.34. The van der Waals surface area contributed by atoms with E-state index in [1.54, 1.807) is 56.8 Å². The number of carbonyl (C=O) groups excluding carboxylic acids is 2. The number of amides is 2. The van der Waals surface area contributed by atoms with Gasteiger partial charge < -0.3 is 20.3 Å². The molecule has 33 heavy (non-hydrogen) atoms. The van der Waals surface area contributed by atoms with Gasteiger partial charge in [0.25, 0.3) is 11.8 Å². The summed E-state index contributed by atoms with van der Waals surface area (Å²) < 4.78 is 5.77. The molecule has 3 aromatic rings. The molecule has 4 heterocycles. The van der Waals surface area contributed by atoms with Crippen molar-refractivity contribution in [3.8, 4) is 5.75 Å². The summed E-state index contributed by atoms with van der Waals surface area (Å²) in [5.41, 5.74) is 1.70. The molecule has 1 fully saturated rings.